The zero-order valence-electron chi connectivity index (χ0n) is 10.5. The number of hydrogen-bond acceptors (Lipinski definition) is 5. The molecule has 0 aliphatic heterocycles. The fourth-order valence-electron chi connectivity index (χ4n) is 1.58. The summed E-state index contributed by atoms with van der Waals surface area (Å²) in [6.45, 7) is 0. The molecule has 0 saturated heterocycles. The van der Waals surface area contributed by atoms with Crippen molar-refractivity contribution >= 4 is 17.3 Å². The van der Waals surface area contributed by atoms with Gasteiger partial charge in [0.2, 0.25) is 0 Å². The van der Waals surface area contributed by atoms with Crippen LogP contribution in [0.15, 0.2) is 35.3 Å². The van der Waals surface area contributed by atoms with Crippen molar-refractivity contribution in [2.24, 2.45) is 5.84 Å². The minimum Gasteiger partial charge on any atom is -0.497 e. The van der Waals surface area contributed by atoms with Gasteiger partial charge in [-0.05, 0) is 24.3 Å². The van der Waals surface area contributed by atoms with E-state index in [4.69, 9.17) is 22.2 Å². The van der Waals surface area contributed by atoms with Crippen molar-refractivity contribution < 1.29 is 4.74 Å². The van der Waals surface area contributed by atoms with Gasteiger partial charge in [0.1, 0.15) is 10.8 Å². The van der Waals surface area contributed by atoms with E-state index in [1.165, 1.54) is 15.9 Å². The summed E-state index contributed by atoms with van der Waals surface area (Å²) in [5, 5.41) is 5.31. The summed E-state index contributed by atoms with van der Waals surface area (Å²) >= 11 is 5.98. The molecular weight excluding hydrogens is 268 g/mol. The zero-order chi connectivity index (χ0) is 14.0. The van der Waals surface area contributed by atoms with Gasteiger partial charge >= 0.3 is 0 Å². The maximum absolute atomic E-state index is 12.1. The number of hydrazine groups is 1. The molecule has 0 amide bonds. The van der Waals surface area contributed by atoms with E-state index in [9.17, 15) is 4.79 Å². The largest absolute Gasteiger partial charge is 0.497 e. The van der Waals surface area contributed by atoms with Gasteiger partial charge in [0.25, 0.3) is 5.56 Å². The van der Waals surface area contributed by atoms with Gasteiger partial charge in [-0.25, -0.2) is 5.84 Å². The Morgan fingerprint density at radius 2 is 2.00 bits per heavy atom. The molecular formula is C12H13ClN4O2. The second-order valence-electron chi connectivity index (χ2n) is 3.87. The third kappa shape index (κ3) is 2.54. The topological polar surface area (TPSA) is 73.4 Å². The van der Waals surface area contributed by atoms with Crippen LogP contribution in [0.4, 0.5) is 5.69 Å². The van der Waals surface area contributed by atoms with E-state index in [2.05, 4.69) is 5.10 Å². The van der Waals surface area contributed by atoms with E-state index in [0.717, 1.165) is 0 Å². The Balaban J connectivity index is 2.51. The molecule has 19 heavy (non-hydrogen) atoms. The van der Waals surface area contributed by atoms with Gasteiger partial charge < -0.3 is 9.75 Å². The number of nitrogens with zero attached hydrogens (tertiary/aromatic N) is 3. The fraction of sp³-hybridized carbons (Fsp3) is 0.167. The molecule has 6 nitrogen and oxygen atoms in total. The highest BCUT2D eigenvalue weighted by Crippen LogP contribution is 2.19. The highest BCUT2D eigenvalue weighted by molar-refractivity contribution is 6.33. The van der Waals surface area contributed by atoms with E-state index in [-0.39, 0.29) is 5.02 Å². The summed E-state index contributed by atoms with van der Waals surface area (Å²) in [5.41, 5.74) is 0.539. The number of halogens is 1. The van der Waals surface area contributed by atoms with Crippen LogP contribution >= 0.6 is 11.6 Å². The predicted molar refractivity (Wildman–Crippen MR) is 74.0 cm³/mol. The monoisotopic (exact) mass is 280 g/mol. The Morgan fingerprint density at radius 1 is 1.37 bits per heavy atom. The van der Waals surface area contributed by atoms with Crippen LogP contribution in [-0.4, -0.2) is 23.9 Å². The first kappa shape index (κ1) is 13.4. The lowest BCUT2D eigenvalue weighted by Crippen LogP contribution is -2.30. The van der Waals surface area contributed by atoms with Gasteiger partial charge in [0.15, 0.2) is 0 Å². The molecule has 1 heterocycles. The lowest BCUT2D eigenvalue weighted by molar-refractivity contribution is 0.414. The van der Waals surface area contributed by atoms with E-state index < -0.39 is 5.56 Å². The van der Waals surface area contributed by atoms with Crippen LogP contribution in [0.2, 0.25) is 5.02 Å². The average Bonchev–Trinajstić information content (AvgIpc) is 2.41. The quantitative estimate of drug-likeness (QED) is 0.676. The van der Waals surface area contributed by atoms with Crippen molar-refractivity contribution in [3.05, 3.63) is 45.8 Å². The van der Waals surface area contributed by atoms with E-state index in [0.29, 0.717) is 17.1 Å². The van der Waals surface area contributed by atoms with Crippen LogP contribution in [0.1, 0.15) is 0 Å². The molecule has 0 spiro atoms. The van der Waals surface area contributed by atoms with Crippen LogP contribution < -0.4 is 21.1 Å². The SMILES string of the molecule is COc1ccc(-n2ncc(N(C)N)c(Cl)c2=O)cc1. The van der Waals surface area contributed by atoms with Crippen molar-refractivity contribution in [2.45, 2.75) is 0 Å². The number of methoxy groups -OCH3 is 1. The minimum absolute atomic E-state index is 0.0239. The smallest absolute Gasteiger partial charge is 0.292 e. The van der Waals surface area contributed by atoms with Crippen LogP contribution in [0.25, 0.3) is 5.69 Å². The normalized spacial score (nSPS) is 10.3. The Labute approximate surface area is 114 Å². The number of hydrogen-bond donors (Lipinski definition) is 1. The second-order valence-corrected chi connectivity index (χ2v) is 4.25. The lowest BCUT2D eigenvalue weighted by atomic mass is 10.3. The average molecular weight is 281 g/mol. The standard InChI is InChI=1S/C12H13ClN4O2/c1-16(14)10-7-15-17(12(18)11(10)13)8-3-5-9(19-2)6-4-8/h3-7H,14H2,1-2H3. The van der Waals surface area contributed by atoms with Gasteiger partial charge in [-0.1, -0.05) is 11.6 Å². The highest BCUT2D eigenvalue weighted by atomic mass is 35.5. The van der Waals surface area contributed by atoms with Crippen LogP contribution in [0, 0.1) is 0 Å². The first-order valence-electron chi connectivity index (χ1n) is 5.45. The molecule has 2 aromatic rings. The number of ether oxygens (including phenoxy) is 1. The molecule has 0 aliphatic carbocycles. The molecule has 0 unspecified atom stereocenters. The molecule has 0 radical (unpaired) electrons. The van der Waals surface area contributed by atoms with Crippen molar-refractivity contribution in [1.29, 1.82) is 0 Å². The number of rotatable bonds is 3. The molecule has 0 bridgehead atoms. The van der Waals surface area contributed by atoms with Crippen LogP contribution in [-0.2, 0) is 0 Å². The van der Waals surface area contributed by atoms with E-state index in [1.807, 2.05) is 0 Å². The zero-order valence-corrected chi connectivity index (χ0v) is 11.3. The Bertz CT molecular complexity index is 637. The van der Waals surface area contributed by atoms with Gasteiger partial charge in [0, 0.05) is 7.05 Å². The molecule has 100 valence electrons. The molecule has 0 saturated carbocycles. The van der Waals surface area contributed by atoms with Crippen molar-refractivity contribution in [3.63, 3.8) is 0 Å². The molecule has 2 N–H and O–H groups in total. The third-order valence-corrected chi connectivity index (χ3v) is 2.95. The van der Waals surface area contributed by atoms with Gasteiger partial charge in [-0.15, -0.1) is 0 Å². The Kier molecular flexibility index (Phi) is 3.73. The van der Waals surface area contributed by atoms with E-state index in [1.54, 1.807) is 38.4 Å². The van der Waals surface area contributed by atoms with E-state index >= 15 is 0 Å². The second kappa shape index (κ2) is 5.29. The summed E-state index contributed by atoms with van der Waals surface area (Å²) < 4.78 is 6.26. The maximum Gasteiger partial charge on any atom is 0.292 e. The summed E-state index contributed by atoms with van der Waals surface area (Å²) in [7, 11) is 3.15. The fourth-order valence-corrected chi connectivity index (χ4v) is 1.84. The first-order chi connectivity index (χ1) is 9.04. The molecule has 0 aliphatic rings. The molecule has 7 heteroatoms. The van der Waals surface area contributed by atoms with Gasteiger partial charge in [-0.2, -0.15) is 9.78 Å². The summed E-state index contributed by atoms with van der Waals surface area (Å²) in [4.78, 5) is 12.1. The molecule has 1 aromatic heterocycles. The minimum atomic E-state index is -0.429. The molecule has 2 rings (SSSR count). The van der Waals surface area contributed by atoms with Gasteiger partial charge in [-0.3, -0.25) is 4.79 Å². The van der Waals surface area contributed by atoms with Crippen molar-refractivity contribution in [2.75, 3.05) is 19.2 Å². The molecule has 1 aromatic carbocycles. The maximum atomic E-state index is 12.1. The third-order valence-electron chi connectivity index (χ3n) is 2.60. The number of benzene rings is 1. The lowest BCUT2D eigenvalue weighted by Gasteiger charge is -2.14. The summed E-state index contributed by atoms with van der Waals surface area (Å²) in [6, 6.07) is 6.91. The Hall–Kier alpha value is -2.05. The first-order valence-corrected chi connectivity index (χ1v) is 5.83. The Morgan fingerprint density at radius 3 is 2.53 bits per heavy atom. The highest BCUT2D eigenvalue weighted by Gasteiger charge is 2.12. The van der Waals surface area contributed by atoms with Gasteiger partial charge in [0.05, 0.1) is 24.7 Å². The number of nitrogens with two attached hydrogens (primary N) is 1. The van der Waals surface area contributed by atoms with Crippen LogP contribution in [0.3, 0.4) is 0 Å². The van der Waals surface area contributed by atoms with Crippen molar-refractivity contribution in [3.8, 4) is 11.4 Å². The van der Waals surface area contributed by atoms with Crippen LogP contribution in [0.5, 0.6) is 5.75 Å². The summed E-state index contributed by atoms with van der Waals surface area (Å²) in [6.07, 6.45) is 1.44. The summed E-state index contributed by atoms with van der Waals surface area (Å²) in [5.74, 6) is 6.25. The predicted octanol–water partition coefficient (Wildman–Crippen LogP) is 1.20. The molecule has 0 fully saturated rings. The number of anilines is 1. The number of aromatic nitrogens is 2. The molecule has 0 atom stereocenters. The van der Waals surface area contributed by atoms with Crippen molar-refractivity contribution in [1.82, 2.24) is 9.78 Å².